The summed E-state index contributed by atoms with van der Waals surface area (Å²) < 4.78 is 35.6. The summed E-state index contributed by atoms with van der Waals surface area (Å²) in [6.07, 6.45) is 0. The Morgan fingerprint density at radius 1 is 1.39 bits per heavy atom. The Kier molecular flexibility index (Phi) is 4.10. The van der Waals surface area contributed by atoms with Crippen molar-refractivity contribution in [1.29, 1.82) is 0 Å². The minimum Gasteiger partial charge on any atom is -0.465 e. The molecule has 18 heavy (non-hydrogen) atoms. The minimum atomic E-state index is -4.56. The molecule has 0 aromatic heterocycles. The van der Waals surface area contributed by atoms with Gasteiger partial charge in [0.25, 0.3) is 10.1 Å². The van der Waals surface area contributed by atoms with Gasteiger partial charge in [-0.2, -0.15) is 8.42 Å². The molecular formula is C11H20O6S. The number of ether oxygens (including phenoxy) is 1. The molecule has 6 nitrogen and oxygen atoms in total. The summed E-state index contributed by atoms with van der Waals surface area (Å²) in [5.74, 6) is -1.87. The van der Waals surface area contributed by atoms with Crippen LogP contribution < -0.4 is 0 Å². The SMILES string of the molecule is CC(C)COC(=O)[C@H]1[C@H](C(O)S(=O)(=O)O)C1(C)C. The number of esters is 1. The molecule has 0 heterocycles. The molecule has 1 aliphatic carbocycles. The molecule has 1 aliphatic rings. The van der Waals surface area contributed by atoms with Crippen LogP contribution in [0, 0.1) is 23.2 Å². The lowest BCUT2D eigenvalue weighted by Gasteiger charge is -2.08. The first-order valence-corrected chi connectivity index (χ1v) is 7.31. The molecule has 0 saturated heterocycles. The second-order valence-electron chi connectivity index (χ2n) is 5.75. The van der Waals surface area contributed by atoms with Crippen molar-refractivity contribution in [2.75, 3.05) is 6.61 Å². The van der Waals surface area contributed by atoms with Crippen LogP contribution in [0.1, 0.15) is 27.7 Å². The van der Waals surface area contributed by atoms with Crippen molar-refractivity contribution < 1.29 is 27.6 Å². The quantitative estimate of drug-likeness (QED) is 0.567. The van der Waals surface area contributed by atoms with Gasteiger partial charge < -0.3 is 9.84 Å². The van der Waals surface area contributed by atoms with Crippen molar-refractivity contribution in [3.63, 3.8) is 0 Å². The van der Waals surface area contributed by atoms with E-state index >= 15 is 0 Å². The average molecular weight is 280 g/mol. The highest BCUT2D eigenvalue weighted by molar-refractivity contribution is 7.86. The maximum absolute atomic E-state index is 11.8. The Bertz CT molecular complexity index is 425. The van der Waals surface area contributed by atoms with Crippen LogP contribution in [0.15, 0.2) is 0 Å². The summed E-state index contributed by atoms with van der Waals surface area (Å²) >= 11 is 0. The summed E-state index contributed by atoms with van der Waals surface area (Å²) in [7, 11) is -4.56. The van der Waals surface area contributed by atoms with Gasteiger partial charge in [-0.1, -0.05) is 27.7 Å². The Morgan fingerprint density at radius 2 is 1.89 bits per heavy atom. The smallest absolute Gasteiger partial charge is 0.309 e. The molecule has 2 N–H and O–H groups in total. The van der Waals surface area contributed by atoms with E-state index in [1.165, 1.54) is 0 Å². The highest BCUT2D eigenvalue weighted by Crippen LogP contribution is 2.61. The number of rotatable bonds is 5. The Hall–Kier alpha value is -0.660. The molecule has 7 heteroatoms. The van der Waals surface area contributed by atoms with Crippen LogP contribution in [0.4, 0.5) is 0 Å². The van der Waals surface area contributed by atoms with Gasteiger partial charge in [0.2, 0.25) is 0 Å². The molecule has 0 bridgehead atoms. The molecule has 1 fully saturated rings. The van der Waals surface area contributed by atoms with Crippen LogP contribution >= 0.6 is 0 Å². The van der Waals surface area contributed by atoms with Crippen molar-refractivity contribution in [1.82, 2.24) is 0 Å². The highest BCUT2D eigenvalue weighted by Gasteiger charge is 2.67. The number of hydrogen-bond donors (Lipinski definition) is 2. The van der Waals surface area contributed by atoms with Crippen LogP contribution in [-0.2, 0) is 19.6 Å². The fourth-order valence-electron chi connectivity index (χ4n) is 2.18. The maximum atomic E-state index is 11.8. The fourth-order valence-corrected chi connectivity index (χ4v) is 3.06. The molecule has 0 aromatic carbocycles. The van der Waals surface area contributed by atoms with Gasteiger partial charge in [0.1, 0.15) is 0 Å². The number of aliphatic hydroxyl groups is 1. The van der Waals surface area contributed by atoms with E-state index in [4.69, 9.17) is 9.29 Å². The minimum absolute atomic E-state index is 0.181. The third kappa shape index (κ3) is 3.02. The largest absolute Gasteiger partial charge is 0.465 e. The first-order valence-electron chi connectivity index (χ1n) is 5.80. The van der Waals surface area contributed by atoms with Gasteiger partial charge in [-0.3, -0.25) is 9.35 Å². The molecule has 0 amide bonds. The summed E-state index contributed by atoms with van der Waals surface area (Å²) in [6, 6.07) is 0. The van der Waals surface area contributed by atoms with Crippen LogP contribution in [0.5, 0.6) is 0 Å². The molecular weight excluding hydrogens is 260 g/mol. The molecule has 0 spiro atoms. The van der Waals surface area contributed by atoms with Crippen LogP contribution in [0.25, 0.3) is 0 Å². The second-order valence-corrected chi connectivity index (χ2v) is 7.27. The van der Waals surface area contributed by atoms with E-state index in [1.807, 2.05) is 13.8 Å². The van der Waals surface area contributed by atoms with Crippen molar-refractivity contribution in [2.24, 2.45) is 23.2 Å². The van der Waals surface area contributed by atoms with Crippen molar-refractivity contribution in [3.8, 4) is 0 Å². The van der Waals surface area contributed by atoms with E-state index in [-0.39, 0.29) is 12.5 Å². The molecule has 0 aromatic rings. The number of hydrogen-bond acceptors (Lipinski definition) is 5. The molecule has 106 valence electrons. The van der Waals surface area contributed by atoms with Gasteiger partial charge in [0, 0.05) is 5.92 Å². The van der Waals surface area contributed by atoms with E-state index in [0.29, 0.717) is 0 Å². The monoisotopic (exact) mass is 280 g/mol. The van der Waals surface area contributed by atoms with Crippen LogP contribution in [0.2, 0.25) is 0 Å². The zero-order valence-corrected chi connectivity index (χ0v) is 11.8. The zero-order chi connectivity index (χ0) is 14.3. The first kappa shape index (κ1) is 15.4. The second kappa shape index (κ2) is 4.79. The van der Waals surface area contributed by atoms with E-state index in [9.17, 15) is 18.3 Å². The predicted octanol–water partition coefficient (Wildman–Crippen LogP) is 0.664. The first-order chi connectivity index (χ1) is 7.99. The highest BCUT2D eigenvalue weighted by atomic mass is 32.2. The maximum Gasteiger partial charge on any atom is 0.309 e. The number of carbonyl (C=O) groups excluding carboxylic acids is 1. The van der Waals surface area contributed by atoms with Crippen LogP contribution in [-0.4, -0.2) is 36.1 Å². The van der Waals surface area contributed by atoms with Crippen molar-refractivity contribution >= 4 is 16.1 Å². The lowest BCUT2D eigenvalue weighted by atomic mass is 10.1. The normalized spacial score (nSPS) is 27.9. The molecule has 0 aliphatic heterocycles. The summed E-state index contributed by atoms with van der Waals surface area (Å²) in [5.41, 5.74) is -2.63. The Labute approximate surface area is 107 Å². The summed E-state index contributed by atoms with van der Waals surface area (Å²) in [4.78, 5) is 11.8. The fraction of sp³-hybridized carbons (Fsp3) is 0.909. The Balaban J connectivity index is 2.72. The summed E-state index contributed by atoms with van der Waals surface area (Å²) in [6.45, 7) is 7.34. The number of aliphatic hydroxyl groups excluding tert-OH is 1. The molecule has 1 rings (SSSR count). The van der Waals surface area contributed by atoms with Gasteiger partial charge >= 0.3 is 5.97 Å². The topological polar surface area (TPSA) is 101 Å². The van der Waals surface area contributed by atoms with E-state index in [2.05, 4.69) is 0 Å². The molecule has 3 atom stereocenters. The van der Waals surface area contributed by atoms with E-state index < -0.39 is 38.8 Å². The van der Waals surface area contributed by atoms with Gasteiger partial charge in [0.15, 0.2) is 5.44 Å². The van der Waals surface area contributed by atoms with E-state index in [0.717, 1.165) is 0 Å². The summed E-state index contributed by atoms with van der Waals surface area (Å²) in [5, 5.41) is 9.51. The standard InChI is InChI=1S/C11H20O6S/c1-6(2)5-17-9(12)7-8(11(7,3)4)10(13)18(14,15)16/h6-8,10,13H,5H2,1-4H3,(H,14,15,16)/t7-,8-,10?/m1/s1. The predicted molar refractivity (Wildman–Crippen MR) is 64.1 cm³/mol. The third-order valence-electron chi connectivity index (χ3n) is 3.34. The van der Waals surface area contributed by atoms with Gasteiger partial charge in [-0.25, -0.2) is 0 Å². The van der Waals surface area contributed by atoms with Crippen molar-refractivity contribution in [2.45, 2.75) is 33.1 Å². The van der Waals surface area contributed by atoms with Crippen molar-refractivity contribution in [3.05, 3.63) is 0 Å². The van der Waals surface area contributed by atoms with Gasteiger partial charge in [-0.05, 0) is 11.3 Å². The zero-order valence-electron chi connectivity index (χ0n) is 11.0. The van der Waals surface area contributed by atoms with Gasteiger partial charge in [-0.15, -0.1) is 0 Å². The van der Waals surface area contributed by atoms with E-state index in [1.54, 1.807) is 13.8 Å². The van der Waals surface area contributed by atoms with Crippen LogP contribution in [0.3, 0.4) is 0 Å². The third-order valence-corrected chi connectivity index (χ3v) is 4.24. The molecule has 1 saturated carbocycles. The van der Waals surface area contributed by atoms with Gasteiger partial charge in [0.05, 0.1) is 12.5 Å². The molecule has 1 unspecified atom stereocenters. The lowest BCUT2D eigenvalue weighted by molar-refractivity contribution is -0.147. The Morgan fingerprint density at radius 3 is 2.28 bits per heavy atom. The number of carbonyl (C=O) groups is 1. The lowest BCUT2D eigenvalue weighted by Crippen LogP contribution is -2.25. The molecule has 0 radical (unpaired) electrons. The average Bonchev–Trinajstić information content (AvgIpc) is 2.75.